The molecule has 9 aromatic rings. The molecule has 232 valence electrons. The Bertz CT molecular complexity index is 2510. The van der Waals surface area contributed by atoms with Crippen LogP contribution in [-0.4, -0.2) is 29.7 Å². The number of para-hydroxylation sites is 3. The quantitative estimate of drug-likeness (QED) is 0.153. The largest absolute Gasteiger partial charge is 1.20 e. The zero-order valence-corrected chi connectivity index (χ0v) is 27.5. The standard InChI is InChI=1S/C24H17NO.2C9H7NO.Al/c26-20-14-15-24-22(16-20)21-8-4-5-9-23(21)25(24)19-12-10-18(11-13-19)17-6-2-1-3-7-17;2*11-8-5-1-3-7-4-2-6-10-9(7)8;/h1-16,26H;2*1-6,11H;/q;;;+3/p-3. The zero-order valence-electron chi connectivity index (χ0n) is 26.3. The lowest BCUT2D eigenvalue weighted by Gasteiger charge is -2.18. The molecule has 0 aliphatic carbocycles. The molecular weight excluding hydrogens is 621 g/mol. The summed E-state index contributed by atoms with van der Waals surface area (Å²) in [6.07, 6.45) is 3.53. The first-order valence-corrected chi connectivity index (χ1v) is 17.6. The van der Waals surface area contributed by atoms with E-state index in [-0.39, 0.29) is 0 Å². The molecule has 0 unspecified atom stereocenters. The van der Waals surface area contributed by atoms with Crippen molar-refractivity contribution in [1.82, 2.24) is 14.5 Å². The molecule has 0 amide bonds. The average Bonchev–Trinajstić information content (AvgIpc) is 3.49. The molecule has 7 heteroatoms. The van der Waals surface area contributed by atoms with Gasteiger partial charge in [0.2, 0.25) is 0 Å². The van der Waals surface area contributed by atoms with Crippen molar-refractivity contribution in [2.75, 3.05) is 0 Å². The van der Waals surface area contributed by atoms with Gasteiger partial charge in [-0.15, -0.1) is 0 Å². The highest BCUT2D eigenvalue weighted by atomic mass is 27.3. The summed E-state index contributed by atoms with van der Waals surface area (Å²) in [5.41, 5.74) is 7.17. The van der Waals surface area contributed by atoms with Crippen LogP contribution in [0.2, 0.25) is 0 Å². The molecule has 0 fully saturated rings. The Morgan fingerprint density at radius 2 is 1.04 bits per heavy atom. The lowest BCUT2D eigenvalue weighted by Crippen LogP contribution is -2.37. The van der Waals surface area contributed by atoms with Gasteiger partial charge < -0.3 is 15.9 Å². The predicted molar refractivity (Wildman–Crippen MR) is 197 cm³/mol. The number of rotatable bonds is 8. The molecule has 0 bridgehead atoms. The van der Waals surface area contributed by atoms with Gasteiger partial charge in [0, 0.05) is 39.6 Å². The summed E-state index contributed by atoms with van der Waals surface area (Å²) in [6, 6.07) is 53.4. The molecule has 0 radical (unpaired) electrons. The van der Waals surface area contributed by atoms with E-state index in [1.807, 2.05) is 72.8 Å². The van der Waals surface area contributed by atoms with E-state index in [4.69, 9.17) is 11.4 Å². The van der Waals surface area contributed by atoms with E-state index >= 15 is 0 Å². The first-order valence-electron chi connectivity index (χ1n) is 16.2. The van der Waals surface area contributed by atoms with Crippen LogP contribution in [0.4, 0.5) is 0 Å². The fraction of sp³-hybridized carbons (Fsp3) is 0. The van der Waals surface area contributed by atoms with Gasteiger partial charge >= 0.3 is 15.1 Å². The van der Waals surface area contributed by atoms with Crippen LogP contribution in [0, 0.1) is 0 Å². The monoisotopic (exact) mass is 649 g/mol. The highest BCUT2D eigenvalue weighted by Gasteiger charge is 2.45. The van der Waals surface area contributed by atoms with Gasteiger partial charge in [0.1, 0.15) is 22.5 Å². The van der Waals surface area contributed by atoms with Crippen molar-refractivity contribution in [3.8, 4) is 34.1 Å². The van der Waals surface area contributed by atoms with Gasteiger partial charge in [0.25, 0.3) is 0 Å². The molecule has 3 aromatic heterocycles. The third kappa shape index (κ3) is 5.51. The number of pyridine rings is 2. The molecule has 0 saturated heterocycles. The molecule has 0 spiro atoms. The van der Waals surface area contributed by atoms with Crippen LogP contribution in [0.3, 0.4) is 0 Å². The summed E-state index contributed by atoms with van der Waals surface area (Å²) in [5.74, 6) is 1.88. The van der Waals surface area contributed by atoms with Gasteiger partial charge in [-0.3, -0.25) is 9.97 Å². The van der Waals surface area contributed by atoms with E-state index in [0.717, 1.165) is 49.3 Å². The minimum absolute atomic E-state index is 0.611. The molecule has 3 heterocycles. The van der Waals surface area contributed by atoms with E-state index < -0.39 is 15.1 Å². The number of aromatic nitrogens is 3. The maximum atomic E-state index is 6.69. The van der Waals surface area contributed by atoms with E-state index in [1.165, 1.54) is 11.1 Å². The number of nitrogens with zero attached hydrogens (tertiary/aromatic N) is 3. The van der Waals surface area contributed by atoms with Crippen LogP contribution < -0.4 is 11.4 Å². The molecule has 0 saturated carbocycles. The Balaban J connectivity index is 1.11. The lowest BCUT2D eigenvalue weighted by molar-refractivity contribution is 0.310. The smallest absolute Gasteiger partial charge is 0.577 e. The first kappa shape index (κ1) is 29.0. The molecule has 6 aromatic carbocycles. The maximum absolute atomic E-state index is 6.69. The van der Waals surface area contributed by atoms with Crippen LogP contribution in [-0.2, 0) is 0 Å². The van der Waals surface area contributed by atoms with Crippen molar-refractivity contribution in [2.45, 2.75) is 0 Å². The zero-order chi connectivity index (χ0) is 32.6. The van der Waals surface area contributed by atoms with E-state index in [0.29, 0.717) is 17.2 Å². The van der Waals surface area contributed by atoms with Gasteiger partial charge in [0.15, 0.2) is 0 Å². The van der Waals surface area contributed by atoms with Gasteiger partial charge in [0.05, 0.1) is 16.8 Å². The summed E-state index contributed by atoms with van der Waals surface area (Å²) in [6.45, 7) is 0. The molecule has 0 atom stereocenters. The van der Waals surface area contributed by atoms with E-state index in [1.54, 1.807) is 12.4 Å². The minimum atomic E-state index is -2.95. The molecule has 6 nitrogen and oxygen atoms in total. The Labute approximate surface area is 287 Å². The normalized spacial score (nSPS) is 11.3. The van der Waals surface area contributed by atoms with Crippen molar-refractivity contribution >= 4 is 58.8 Å². The van der Waals surface area contributed by atoms with Gasteiger partial charge in [-0.2, -0.15) is 0 Å². The number of hydrogen-bond donors (Lipinski definition) is 0. The molecule has 0 aliphatic rings. The summed E-state index contributed by atoms with van der Waals surface area (Å²) in [4.78, 5) is 9.20. The van der Waals surface area contributed by atoms with Gasteiger partial charge in [-0.1, -0.05) is 97.1 Å². The minimum Gasteiger partial charge on any atom is -0.577 e. The van der Waals surface area contributed by atoms with Crippen molar-refractivity contribution in [1.29, 1.82) is 0 Å². The maximum Gasteiger partial charge on any atom is 1.20 e. The van der Waals surface area contributed by atoms with Crippen LogP contribution in [0.5, 0.6) is 17.2 Å². The fourth-order valence-electron chi connectivity index (χ4n) is 6.47. The second kappa shape index (κ2) is 12.5. The van der Waals surface area contributed by atoms with Crippen LogP contribution >= 0.6 is 0 Å². The van der Waals surface area contributed by atoms with Crippen LogP contribution in [0.1, 0.15) is 0 Å². The SMILES string of the molecule is c1ccc(-c2ccc(-n3c4ccccc4c4cc([O][Al]([O]c5cccc6cccnc56)[O]c5cccc6cccnc56)ccc43)cc2)cc1. The topological polar surface area (TPSA) is 58.4 Å². The second-order valence-corrected chi connectivity index (χ2v) is 13.0. The van der Waals surface area contributed by atoms with Gasteiger partial charge in [-0.25, -0.2) is 0 Å². The third-order valence-corrected chi connectivity index (χ3v) is 10.1. The first-order chi connectivity index (χ1) is 24.3. The average molecular weight is 650 g/mol. The predicted octanol–water partition coefficient (Wildman–Crippen LogP) is 10.1. The van der Waals surface area contributed by atoms with Gasteiger partial charge in [-0.05, 0) is 71.8 Å². The van der Waals surface area contributed by atoms with Crippen molar-refractivity contribution in [3.05, 3.63) is 170 Å². The fourth-order valence-corrected chi connectivity index (χ4v) is 7.78. The van der Waals surface area contributed by atoms with Crippen molar-refractivity contribution < 1.29 is 11.4 Å². The molecular formula is C42H28AlN3O3. The Morgan fingerprint density at radius 3 is 1.73 bits per heavy atom. The van der Waals surface area contributed by atoms with E-state index in [9.17, 15) is 0 Å². The third-order valence-electron chi connectivity index (χ3n) is 8.75. The van der Waals surface area contributed by atoms with Crippen molar-refractivity contribution in [2.24, 2.45) is 0 Å². The number of fused-ring (bicyclic) bond motifs is 5. The lowest BCUT2D eigenvalue weighted by atomic mass is 10.1. The van der Waals surface area contributed by atoms with Crippen molar-refractivity contribution in [3.63, 3.8) is 0 Å². The molecule has 49 heavy (non-hydrogen) atoms. The number of benzene rings is 6. The second-order valence-electron chi connectivity index (χ2n) is 11.7. The summed E-state index contributed by atoms with van der Waals surface area (Å²) in [7, 11) is 0. The molecule has 9 rings (SSSR count). The number of hydrogen-bond acceptors (Lipinski definition) is 5. The van der Waals surface area contributed by atoms with Crippen LogP contribution in [0.15, 0.2) is 170 Å². The van der Waals surface area contributed by atoms with E-state index in [2.05, 4.69) is 99.5 Å². The Morgan fingerprint density at radius 1 is 0.449 bits per heavy atom. The molecule has 0 N–H and O–H groups in total. The summed E-state index contributed by atoms with van der Waals surface area (Å²) < 4.78 is 22.2. The van der Waals surface area contributed by atoms with Crippen LogP contribution in [0.25, 0.3) is 60.4 Å². The highest BCUT2D eigenvalue weighted by molar-refractivity contribution is 6.40. The Hall–Kier alpha value is -6.13. The highest BCUT2D eigenvalue weighted by Crippen LogP contribution is 2.36. The molecule has 0 aliphatic heterocycles. The summed E-state index contributed by atoms with van der Waals surface area (Å²) in [5, 5.41) is 4.16. The Kier molecular flexibility index (Phi) is 7.40. The summed E-state index contributed by atoms with van der Waals surface area (Å²) >= 11 is -2.95.